The van der Waals surface area contributed by atoms with E-state index in [2.05, 4.69) is 26.1 Å². The maximum atomic E-state index is 12.3. The van der Waals surface area contributed by atoms with Crippen LogP contribution in [0.15, 0.2) is 42.5 Å². The van der Waals surface area contributed by atoms with Gasteiger partial charge in [0.25, 0.3) is 0 Å². The lowest BCUT2D eigenvalue weighted by Gasteiger charge is -2.20. The van der Waals surface area contributed by atoms with E-state index in [4.69, 9.17) is 4.74 Å². The predicted octanol–water partition coefficient (Wildman–Crippen LogP) is 3.88. The number of hydrogen-bond donors (Lipinski definition) is 2. The molecular formula is C19H23NO3. The number of ether oxygens (including phenoxy) is 1. The van der Waals surface area contributed by atoms with E-state index < -0.39 is 0 Å². The summed E-state index contributed by atoms with van der Waals surface area (Å²) in [7, 11) is 1.58. The molecule has 1 amide bonds. The zero-order valence-electron chi connectivity index (χ0n) is 14.0. The Balaban J connectivity index is 2.17. The molecule has 0 fully saturated rings. The van der Waals surface area contributed by atoms with Crippen molar-refractivity contribution in [2.75, 3.05) is 12.4 Å². The largest absolute Gasteiger partial charge is 0.506 e. The monoisotopic (exact) mass is 313 g/mol. The van der Waals surface area contributed by atoms with Crippen LogP contribution in [0, 0.1) is 0 Å². The van der Waals surface area contributed by atoms with Gasteiger partial charge in [-0.3, -0.25) is 4.79 Å². The van der Waals surface area contributed by atoms with Gasteiger partial charge in [-0.2, -0.15) is 0 Å². The number of carbonyl (C=O) groups excluding carboxylic acids is 1. The van der Waals surface area contributed by atoms with E-state index in [1.807, 2.05) is 36.4 Å². The molecule has 2 N–H and O–H groups in total. The summed E-state index contributed by atoms with van der Waals surface area (Å²) in [6.45, 7) is 6.25. The maximum Gasteiger partial charge on any atom is 0.229 e. The van der Waals surface area contributed by atoms with Crippen LogP contribution in [-0.2, 0) is 16.6 Å². The first-order valence-corrected chi connectivity index (χ1v) is 7.56. The van der Waals surface area contributed by atoms with Crippen molar-refractivity contribution < 1.29 is 14.6 Å². The molecule has 0 heterocycles. The molecule has 122 valence electrons. The average molecular weight is 313 g/mol. The molecule has 0 unspecified atom stereocenters. The van der Waals surface area contributed by atoms with E-state index >= 15 is 0 Å². The number of hydrogen-bond acceptors (Lipinski definition) is 3. The minimum Gasteiger partial charge on any atom is -0.506 e. The third kappa shape index (κ3) is 4.25. The molecule has 0 atom stereocenters. The second kappa shape index (κ2) is 6.73. The van der Waals surface area contributed by atoms with E-state index in [9.17, 15) is 9.90 Å². The second-order valence-electron chi connectivity index (χ2n) is 6.52. The molecule has 0 saturated heterocycles. The number of para-hydroxylation sites is 1. The van der Waals surface area contributed by atoms with Gasteiger partial charge in [-0.05, 0) is 29.2 Å². The van der Waals surface area contributed by atoms with Crippen LogP contribution in [0.4, 0.5) is 5.69 Å². The number of phenolic OH excluding ortho intramolecular Hbond substituents is 1. The lowest BCUT2D eigenvalue weighted by molar-refractivity contribution is -0.115. The highest BCUT2D eigenvalue weighted by atomic mass is 16.5. The van der Waals surface area contributed by atoms with Gasteiger partial charge in [0.1, 0.15) is 11.5 Å². The third-order valence-corrected chi connectivity index (χ3v) is 3.68. The molecule has 0 aliphatic heterocycles. The van der Waals surface area contributed by atoms with Crippen molar-refractivity contribution in [1.29, 1.82) is 0 Å². The number of benzene rings is 2. The molecule has 0 spiro atoms. The van der Waals surface area contributed by atoms with Gasteiger partial charge >= 0.3 is 0 Å². The van der Waals surface area contributed by atoms with Gasteiger partial charge in [0.2, 0.25) is 5.91 Å². The Hall–Kier alpha value is -2.49. The van der Waals surface area contributed by atoms with E-state index in [1.165, 1.54) is 0 Å². The van der Waals surface area contributed by atoms with E-state index in [1.54, 1.807) is 13.2 Å². The number of aromatic hydroxyl groups is 1. The topological polar surface area (TPSA) is 58.6 Å². The number of anilines is 1. The fourth-order valence-corrected chi connectivity index (χ4v) is 2.32. The summed E-state index contributed by atoms with van der Waals surface area (Å²) < 4.78 is 5.25. The van der Waals surface area contributed by atoms with Crippen molar-refractivity contribution in [2.45, 2.75) is 32.6 Å². The van der Waals surface area contributed by atoms with Crippen molar-refractivity contribution in [3.63, 3.8) is 0 Å². The van der Waals surface area contributed by atoms with Crippen molar-refractivity contribution >= 4 is 11.6 Å². The van der Waals surface area contributed by atoms with Gasteiger partial charge in [0, 0.05) is 5.56 Å². The molecule has 0 aromatic heterocycles. The minimum atomic E-state index is -0.198. The van der Waals surface area contributed by atoms with Gasteiger partial charge in [0.15, 0.2) is 0 Å². The number of amides is 1. The molecule has 0 aliphatic rings. The predicted molar refractivity (Wildman–Crippen MR) is 92.1 cm³/mol. The maximum absolute atomic E-state index is 12.3. The number of phenols is 1. The van der Waals surface area contributed by atoms with Gasteiger partial charge in [-0.25, -0.2) is 0 Å². The van der Waals surface area contributed by atoms with Crippen LogP contribution in [0.1, 0.15) is 31.9 Å². The van der Waals surface area contributed by atoms with Crippen LogP contribution in [0.5, 0.6) is 11.5 Å². The zero-order chi connectivity index (χ0) is 17.0. The van der Waals surface area contributed by atoms with Crippen LogP contribution >= 0.6 is 0 Å². The summed E-state index contributed by atoms with van der Waals surface area (Å²) in [6, 6.07) is 12.7. The van der Waals surface area contributed by atoms with Crippen molar-refractivity contribution in [3.8, 4) is 11.5 Å². The lowest BCUT2D eigenvalue weighted by atomic mass is 9.87. The van der Waals surface area contributed by atoms with E-state index in [0.29, 0.717) is 11.4 Å². The van der Waals surface area contributed by atoms with Crippen molar-refractivity contribution in [2.24, 2.45) is 0 Å². The number of methoxy groups -OCH3 is 1. The highest BCUT2D eigenvalue weighted by Gasteiger charge is 2.17. The lowest BCUT2D eigenvalue weighted by Crippen LogP contribution is -2.16. The van der Waals surface area contributed by atoms with Gasteiger partial charge in [-0.15, -0.1) is 0 Å². The molecule has 0 saturated carbocycles. The summed E-state index contributed by atoms with van der Waals surface area (Å²) in [5.74, 6) is 0.539. The Morgan fingerprint density at radius 3 is 2.52 bits per heavy atom. The molecule has 2 aromatic carbocycles. The molecule has 4 heteroatoms. The summed E-state index contributed by atoms with van der Waals surface area (Å²) in [5, 5.41) is 12.8. The third-order valence-electron chi connectivity index (χ3n) is 3.68. The molecule has 23 heavy (non-hydrogen) atoms. The van der Waals surface area contributed by atoms with Crippen molar-refractivity contribution in [1.82, 2.24) is 0 Å². The molecule has 0 radical (unpaired) electrons. The minimum absolute atomic E-state index is 0.0597. The van der Waals surface area contributed by atoms with Gasteiger partial charge < -0.3 is 15.2 Å². The fraction of sp³-hybridized carbons (Fsp3) is 0.316. The SMILES string of the molecule is COc1ccccc1CC(=O)Nc1cc(C(C)(C)C)ccc1O. The summed E-state index contributed by atoms with van der Waals surface area (Å²) >= 11 is 0. The number of rotatable bonds is 4. The second-order valence-corrected chi connectivity index (χ2v) is 6.52. The van der Waals surface area contributed by atoms with E-state index in [-0.39, 0.29) is 23.5 Å². The first-order valence-electron chi connectivity index (χ1n) is 7.56. The quantitative estimate of drug-likeness (QED) is 0.842. The first kappa shape index (κ1) is 16.9. The van der Waals surface area contributed by atoms with Crippen LogP contribution < -0.4 is 10.1 Å². The Bertz CT molecular complexity index is 702. The molecule has 2 aromatic rings. The van der Waals surface area contributed by atoms with Crippen LogP contribution in [-0.4, -0.2) is 18.1 Å². The Morgan fingerprint density at radius 1 is 1.17 bits per heavy atom. The van der Waals surface area contributed by atoms with Crippen LogP contribution in [0.3, 0.4) is 0 Å². The summed E-state index contributed by atoms with van der Waals surface area (Å²) in [6.07, 6.45) is 0.184. The smallest absolute Gasteiger partial charge is 0.229 e. The van der Waals surface area contributed by atoms with E-state index in [0.717, 1.165) is 11.1 Å². The Morgan fingerprint density at radius 2 is 1.87 bits per heavy atom. The highest BCUT2D eigenvalue weighted by Crippen LogP contribution is 2.31. The fourth-order valence-electron chi connectivity index (χ4n) is 2.32. The molecule has 2 rings (SSSR count). The Kier molecular flexibility index (Phi) is 4.94. The average Bonchev–Trinajstić information content (AvgIpc) is 2.49. The zero-order valence-corrected chi connectivity index (χ0v) is 14.0. The number of carbonyl (C=O) groups is 1. The first-order chi connectivity index (χ1) is 10.8. The van der Waals surface area contributed by atoms with Crippen LogP contribution in [0.2, 0.25) is 0 Å². The summed E-state index contributed by atoms with van der Waals surface area (Å²) in [5.41, 5.74) is 2.22. The molecule has 4 nitrogen and oxygen atoms in total. The molecule has 0 aliphatic carbocycles. The summed E-state index contributed by atoms with van der Waals surface area (Å²) in [4.78, 5) is 12.3. The van der Waals surface area contributed by atoms with Gasteiger partial charge in [0.05, 0.1) is 19.2 Å². The number of nitrogens with one attached hydrogen (secondary N) is 1. The van der Waals surface area contributed by atoms with Gasteiger partial charge in [-0.1, -0.05) is 45.0 Å². The Labute approximate surface area is 137 Å². The molecule has 0 bridgehead atoms. The van der Waals surface area contributed by atoms with Crippen molar-refractivity contribution in [3.05, 3.63) is 53.6 Å². The molecular weight excluding hydrogens is 290 g/mol. The highest BCUT2D eigenvalue weighted by molar-refractivity contribution is 5.94. The normalized spacial score (nSPS) is 11.1. The van der Waals surface area contributed by atoms with Crippen LogP contribution in [0.25, 0.3) is 0 Å². The standard InChI is InChI=1S/C19H23NO3/c1-19(2,3)14-9-10-16(21)15(12-14)20-18(22)11-13-7-5-6-8-17(13)23-4/h5-10,12,21H,11H2,1-4H3,(H,20,22).